The molecule has 9 atom stereocenters. The van der Waals surface area contributed by atoms with Crippen molar-refractivity contribution in [3.63, 3.8) is 0 Å². The van der Waals surface area contributed by atoms with Crippen LogP contribution >= 0.6 is 0 Å². The van der Waals surface area contributed by atoms with Gasteiger partial charge in [-0.1, -0.05) is 0 Å². The molecule has 77 heavy (non-hydrogen) atoms. The minimum Gasteiger partial charge on any atom is -0.481 e. The Bertz CT molecular complexity index is 2220. The third-order valence-corrected chi connectivity index (χ3v) is 11.0. The molecule has 430 valence electrons. The van der Waals surface area contributed by atoms with Crippen molar-refractivity contribution in [2.24, 2.45) is 56.6 Å². The zero-order chi connectivity index (χ0) is 58.5. The first-order valence-electron chi connectivity index (χ1n) is 23.9. The van der Waals surface area contributed by atoms with Gasteiger partial charge in [-0.2, -0.15) is 0 Å². The van der Waals surface area contributed by atoms with Crippen LogP contribution in [0.15, 0.2) is 4.99 Å². The smallest absolute Gasteiger partial charge is 0.303 e. The van der Waals surface area contributed by atoms with Gasteiger partial charge in [-0.3, -0.25) is 76.9 Å². The van der Waals surface area contributed by atoms with Gasteiger partial charge in [0.15, 0.2) is 5.96 Å². The standard InChI is InChI=1S/C42H71N19O16/c43-10-2-1-5-19(55-38(74)23(14-28(45)63)60-40(76)25(16-30(47)65)58-34(70)18-6-3-11-52-18)35(71)54-20(7-4-12-53-42(50)51)36(72)59-26(17-31(48)66)41(77)61-24(15-29(46)64)39(75)56-21(8-9-32(67)68)37(73)57-22(33(49)69)13-27(44)62/h18-26,52H,1-17,43H2,(H2,44,62)(H2,45,63)(H2,46,64)(H2,47,65)(H2,48,66)(H2,49,69)(H,54,71)(H,55,74)(H,56,75)(H,57,73)(H,58,70)(H,59,72)(H,60,76)(H,61,77)(H,67,68)(H4,50,51,53)/t18-,19-,20-,21-,22-,23-,24-,25-,26-/m0/s1. The van der Waals surface area contributed by atoms with Gasteiger partial charge in [0.05, 0.1) is 38.1 Å². The van der Waals surface area contributed by atoms with Crippen molar-refractivity contribution >= 4 is 94.6 Å². The molecule has 1 fully saturated rings. The summed E-state index contributed by atoms with van der Waals surface area (Å²) in [5, 5.41) is 30.0. The van der Waals surface area contributed by atoms with Crippen LogP contribution in [-0.4, -0.2) is 174 Å². The van der Waals surface area contributed by atoms with Crippen LogP contribution in [0.1, 0.15) is 89.9 Å². The first-order chi connectivity index (χ1) is 36.0. The molecule has 0 saturated carbocycles. The van der Waals surface area contributed by atoms with Crippen molar-refractivity contribution in [3.8, 4) is 0 Å². The molecule has 0 unspecified atom stereocenters. The lowest BCUT2D eigenvalue weighted by Gasteiger charge is -2.27. The fourth-order valence-electron chi connectivity index (χ4n) is 7.22. The van der Waals surface area contributed by atoms with Crippen LogP contribution in [0.25, 0.3) is 0 Å². The summed E-state index contributed by atoms with van der Waals surface area (Å²) in [7, 11) is 0. The lowest BCUT2D eigenvalue weighted by molar-refractivity contribution is -0.139. The summed E-state index contributed by atoms with van der Waals surface area (Å²) in [6.45, 7) is 0.476. The van der Waals surface area contributed by atoms with Gasteiger partial charge in [-0.25, -0.2) is 0 Å². The number of primary amides is 6. The molecule has 0 aromatic carbocycles. The number of hydrogen-bond donors (Lipinski definition) is 19. The minimum absolute atomic E-state index is 0.0696. The van der Waals surface area contributed by atoms with Gasteiger partial charge in [0.25, 0.3) is 0 Å². The molecule has 0 aromatic heterocycles. The number of carboxylic acids is 1. The predicted molar refractivity (Wildman–Crippen MR) is 264 cm³/mol. The summed E-state index contributed by atoms with van der Waals surface area (Å²) >= 11 is 0. The van der Waals surface area contributed by atoms with Crippen LogP contribution in [-0.2, 0) is 71.9 Å². The third-order valence-electron chi connectivity index (χ3n) is 11.0. The van der Waals surface area contributed by atoms with E-state index >= 15 is 0 Å². The molecular formula is C42H71N19O16. The van der Waals surface area contributed by atoms with E-state index in [0.29, 0.717) is 19.4 Å². The highest BCUT2D eigenvalue weighted by Gasteiger charge is 2.37. The number of carbonyl (C=O) groups excluding carboxylic acids is 14. The van der Waals surface area contributed by atoms with E-state index < -0.39 is 188 Å². The lowest BCUT2D eigenvalue weighted by atomic mass is 10.0. The van der Waals surface area contributed by atoms with Gasteiger partial charge in [-0.15, -0.1) is 0 Å². The second-order valence-corrected chi connectivity index (χ2v) is 17.6. The van der Waals surface area contributed by atoms with E-state index in [4.69, 9.17) is 51.6 Å². The molecule has 0 aliphatic carbocycles. The van der Waals surface area contributed by atoms with E-state index in [1.807, 2.05) is 5.32 Å². The molecule has 14 amide bonds. The molecule has 0 spiro atoms. The van der Waals surface area contributed by atoms with E-state index in [9.17, 15) is 77.0 Å². The summed E-state index contributed by atoms with van der Waals surface area (Å²) in [6, 6.07) is -15.1. The van der Waals surface area contributed by atoms with E-state index in [-0.39, 0.29) is 51.2 Å². The highest BCUT2D eigenvalue weighted by atomic mass is 16.4. The van der Waals surface area contributed by atoms with Gasteiger partial charge in [0.1, 0.15) is 48.3 Å². The number of nitrogens with one attached hydrogen (secondary N) is 9. The van der Waals surface area contributed by atoms with Crippen LogP contribution in [0, 0.1) is 0 Å². The van der Waals surface area contributed by atoms with Gasteiger partial charge < -0.3 is 105 Å². The number of aliphatic carboxylic acids is 1. The number of guanidine groups is 1. The number of aliphatic imine (C=N–C) groups is 1. The molecule has 1 heterocycles. The zero-order valence-corrected chi connectivity index (χ0v) is 41.9. The lowest BCUT2D eigenvalue weighted by Crippen LogP contribution is -2.61. The van der Waals surface area contributed by atoms with Gasteiger partial charge in [0.2, 0.25) is 82.7 Å². The number of carbonyl (C=O) groups is 15. The molecule has 1 saturated heterocycles. The number of nitrogens with two attached hydrogens (primary N) is 9. The SMILES string of the molecule is NCCCC[C@H](NC(=O)[C@H](CC(N)=O)NC(=O)[C@H](CC(N)=O)NC(=O)[C@@H]1CCCN1)C(=O)N[C@@H](CCCN=C(N)N)C(=O)N[C@@H](CC(N)=O)C(=O)N[C@@H](CC(N)=O)C(=O)N[C@@H](CCC(=O)O)C(=O)N[C@@H](CC(N)=O)C(N)=O. The van der Waals surface area contributed by atoms with E-state index in [1.54, 1.807) is 0 Å². The Morgan fingerprint density at radius 2 is 0.792 bits per heavy atom. The Balaban J connectivity index is 3.59. The van der Waals surface area contributed by atoms with E-state index in [0.717, 1.165) is 0 Å². The fourth-order valence-corrected chi connectivity index (χ4v) is 7.22. The monoisotopic (exact) mass is 1100 g/mol. The molecule has 1 aliphatic heterocycles. The number of hydrogen-bond acceptors (Lipinski definition) is 18. The quantitative estimate of drug-likeness (QED) is 0.0155. The maximum absolute atomic E-state index is 14.1. The maximum atomic E-state index is 14.1. The number of nitrogens with zero attached hydrogens (tertiary/aromatic N) is 1. The molecule has 0 radical (unpaired) electrons. The van der Waals surface area contributed by atoms with Crippen molar-refractivity contribution in [1.29, 1.82) is 0 Å². The highest BCUT2D eigenvalue weighted by molar-refractivity contribution is 6.01. The molecule has 35 heteroatoms. The van der Waals surface area contributed by atoms with Crippen molar-refractivity contribution in [2.45, 2.75) is 144 Å². The second kappa shape index (κ2) is 33.9. The largest absolute Gasteiger partial charge is 0.481 e. The average Bonchev–Trinajstić information content (AvgIpc) is 3.87. The minimum atomic E-state index is -2.04. The van der Waals surface area contributed by atoms with Crippen LogP contribution in [0.3, 0.4) is 0 Å². The molecule has 35 nitrogen and oxygen atoms in total. The molecule has 1 aliphatic rings. The van der Waals surface area contributed by atoms with Gasteiger partial charge >= 0.3 is 5.97 Å². The summed E-state index contributed by atoms with van der Waals surface area (Å²) in [4.78, 5) is 196. The van der Waals surface area contributed by atoms with Crippen molar-refractivity contribution in [2.75, 3.05) is 19.6 Å². The first-order valence-corrected chi connectivity index (χ1v) is 23.9. The van der Waals surface area contributed by atoms with Crippen LogP contribution in [0.5, 0.6) is 0 Å². The van der Waals surface area contributed by atoms with Gasteiger partial charge in [0, 0.05) is 13.0 Å². The van der Waals surface area contributed by atoms with Crippen molar-refractivity contribution in [3.05, 3.63) is 0 Å². The normalized spacial score (nSPS) is 15.8. The fraction of sp³-hybridized carbons (Fsp3) is 0.619. The van der Waals surface area contributed by atoms with Crippen molar-refractivity contribution < 1.29 is 77.0 Å². The Morgan fingerprint density at radius 3 is 1.13 bits per heavy atom. The number of carboxylic acid groups (broad SMARTS) is 1. The third kappa shape index (κ3) is 26.9. The molecular weight excluding hydrogens is 1030 g/mol. The first kappa shape index (κ1) is 66.3. The molecule has 0 aromatic rings. The second-order valence-electron chi connectivity index (χ2n) is 17.6. The number of unbranched alkanes of at least 4 members (excludes halogenated alkanes) is 1. The van der Waals surface area contributed by atoms with Crippen LogP contribution in [0.4, 0.5) is 0 Å². The Hall–Kier alpha value is -8.76. The van der Waals surface area contributed by atoms with Crippen LogP contribution in [0.2, 0.25) is 0 Å². The molecule has 1 rings (SSSR count). The van der Waals surface area contributed by atoms with Crippen LogP contribution < -0.4 is 99.5 Å². The summed E-state index contributed by atoms with van der Waals surface area (Å²) in [6.07, 6.45) is -5.00. The average molecular weight is 1100 g/mol. The Labute approximate surface area is 439 Å². The highest BCUT2D eigenvalue weighted by Crippen LogP contribution is 2.10. The predicted octanol–water partition coefficient (Wildman–Crippen LogP) is -11.5. The van der Waals surface area contributed by atoms with Crippen molar-refractivity contribution in [1.82, 2.24) is 47.9 Å². The maximum Gasteiger partial charge on any atom is 0.303 e. The van der Waals surface area contributed by atoms with E-state index in [2.05, 4.69) is 47.5 Å². The number of rotatable bonds is 38. The topological polar surface area (TPSA) is 631 Å². The number of amides is 14. The Kier molecular flexibility index (Phi) is 29.2. The Morgan fingerprint density at radius 1 is 0.455 bits per heavy atom. The van der Waals surface area contributed by atoms with Gasteiger partial charge in [-0.05, 0) is 64.5 Å². The zero-order valence-electron chi connectivity index (χ0n) is 41.9. The summed E-state index contributed by atoms with van der Waals surface area (Å²) < 4.78 is 0. The van der Waals surface area contributed by atoms with E-state index in [1.165, 1.54) is 0 Å². The summed E-state index contributed by atoms with van der Waals surface area (Å²) in [5.41, 5.74) is 48.3. The molecule has 28 N–H and O–H groups in total. The molecule has 0 bridgehead atoms. The summed E-state index contributed by atoms with van der Waals surface area (Å²) in [5.74, 6) is -18.0.